The van der Waals surface area contributed by atoms with Gasteiger partial charge in [-0.25, -0.2) is 4.39 Å². The molecule has 98 valence electrons. The standard InChI is InChI=1S/C15H20FNO/c1-10(17)15(7-8-15)13-9-11(16)5-6-14(13)18-12-3-2-4-12/h5-6,9-10,12H,2-4,7-8,17H2,1H3. The van der Waals surface area contributed by atoms with Crippen LogP contribution in [0.25, 0.3) is 0 Å². The Morgan fingerprint density at radius 1 is 1.39 bits per heavy atom. The third-order valence-electron chi connectivity index (χ3n) is 4.48. The first kappa shape index (κ1) is 12.0. The van der Waals surface area contributed by atoms with Crippen LogP contribution in [-0.4, -0.2) is 12.1 Å². The molecule has 1 unspecified atom stereocenters. The van der Waals surface area contributed by atoms with Gasteiger partial charge in [-0.15, -0.1) is 0 Å². The first-order valence-corrected chi connectivity index (χ1v) is 6.84. The van der Waals surface area contributed by atoms with Crippen LogP contribution in [0.5, 0.6) is 5.75 Å². The zero-order valence-corrected chi connectivity index (χ0v) is 10.8. The van der Waals surface area contributed by atoms with Crippen LogP contribution in [0.3, 0.4) is 0 Å². The summed E-state index contributed by atoms with van der Waals surface area (Å²) in [5.74, 6) is 0.647. The van der Waals surface area contributed by atoms with E-state index in [-0.39, 0.29) is 17.3 Å². The Labute approximate surface area is 107 Å². The number of ether oxygens (including phenoxy) is 1. The average Bonchev–Trinajstić information content (AvgIpc) is 3.06. The highest BCUT2D eigenvalue weighted by molar-refractivity contribution is 5.45. The van der Waals surface area contributed by atoms with Crippen LogP contribution in [0.1, 0.15) is 44.6 Å². The van der Waals surface area contributed by atoms with Gasteiger partial charge in [-0.3, -0.25) is 0 Å². The molecule has 1 atom stereocenters. The summed E-state index contributed by atoms with van der Waals surface area (Å²) < 4.78 is 19.5. The molecule has 0 spiro atoms. The molecule has 2 fully saturated rings. The summed E-state index contributed by atoms with van der Waals surface area (Å²) in [6, 6.07) is 4.91. The van der Waals surface area contributed by atoms with Crippen LogP contribution >= 0.6 is 0 Å². The summed E-state index contributed by atoms with van der Waals surface area (Å²) >= 11 is 0. The molecule has 0 bridgehead atoms. The molecule has 18 heavy (non-hydrogen) atoms. The molecule has 1 aromatic carbocycles. The van der Waals surface area contributed by atoms with Gasteiger partial charge < -0.3 is 10.5 Å². The molecular formula is C15H20FNO. The van der Waals surface area contributed by atoms with Gasteiger partial charge in [0, 0.05) is 17.0 Å². The zero-order valence-electron chi connectivity index (χ0n) is 10.8. The fraction of sp³-hybridized carbons (Fsp3) is 0.600. The lowest BCUT2D eigenvalue weighted by molar-refractivity contribution is 0.118. The number of hydrogen-bond acceptors (Lipinski definition) is 2. The van der Waals surface area contributed by atoms with E-state index in [0.29, 0.717) is 6.10 Å². The zero-order chi connectivity index (χ0) is 12.8. The lowest BCUT2D eigenvalue weighted by atomic mass is 9.88. The molecule has 2 aliphatic rings. The molecule has 0 amide bonds. The van der Waals surface area contributed by atoms with Crippen molar-refractivity contribution in [2.75, 3.05) is 0 Å². The van der Waals surface area contributed by atoms with Crippen LogP contribution in [-0.2, 0) is 5.41 Å². The van der Waals surface area contributed by atoms with Crippen LogP contribution in [0.2, 0.25) is 0 Å². The van der Waals surface area contributed by atoms with Gasteiger partial charge in [0.05, 0.1) is 6.10 Å². The Morgan fingerprint density at radius 3 is 2.61 bits per heavy atom. The Hall–Kier alpha value is -1.09. The highest BCUT2D eigenvalue weighted by Crippen LogP contribution is 2.53. The van der Waals surface area contributed by atoms with Gasteiger partial charge in [-0.05, 0) is 57.2 Å². The summed E-state index contributed by atoms with van der Waals surface area (Å²) in [7, 11) is 0. The van der Waals surface area contributed by atoms with E-state index in [2.05, 4.69) is 0 Å². The van der Waals surface area contributed by atoms with Crippen molar-refractivity contribution in [3.63, 3.8) is 0 Å². The Balaban J connectivity index is 1.93. The molecule has 2 N–H and O–H groups in total. The molecule has 0 saturated heterocycles. The highest BCUT2D eigenvalue weighted by Gasteiger charge is 2.49. The minimum atomic E-state index is -0.196. The first-order valence-electron chi connectivity index (χ1n) is 6.84. The van der Waals surface area contributed by atoms with E-state index in [1.807, 2.05) is 6.92 Å². The van der Waals surface area contributed by atoms with E-state index >= 15 is 0 Å². The quantitative estimate of drug-likeness (QED) is 0.889. The van der Waals surface area contributed by atoms with Crippen LogP contribution in [0.15, 0.2) is 18.2 Å². The predicted molar refractivity (Wildman–Crippen MR) is 69.2 cm³/mol. The van der Waals surface area contributed by atoms with Crippen molar-refractivity contribution < 1.29 is 9.13 Å². The van der Waals surface area contributed by atoms with Gasteiger partial charge in [-0.2, -0.15) is 0 Å². The summed E-state index contributed by atoms with van der Waals surface area (Å²) in [5.41, 5.74) is 7.00. The van der Waals surface area contributed by atoms with Gasteiger partial charge in [0.2, 0.25) is 0 Å². The lowest BCUT2D eigenvalue weighted by Crippen LogP contribution is -2.33. The number of halogens is 1. The Bertz CT molecular complexity index is 450. The van der Waals surface area contributed by atoms with E-state index < -0.39 is 0 Å². The summed E-state index contributed by atoms with van der Waals surface area (Å²) in [5, 5.41) is 0. The topological polar surface area (TPSA) is 35.2 Å². The normalized spacial score (nSPS) is 23.3. The predicted octanol–water partition coefficient (Wildman–Crippen LogP) is 3.14. The fourth-order valence-corrected chi connectivity index (χ4v) is 2.77. The second kappa shape index (κ2) is 4.23. The van der Waals surface area contributed by atoms with E-state index in [4.69, 9.17) is 10.5 Å². The minimum Gasteiger partial charge on any atom is -0.490 e. The van der Waals surface area contributed by atoms with Gasteiger partial charge in [-0.1, -0.05) is 0 Å². The Kier molecular flexibility index (Phi) is 2.81. The third kappa shape index (κ3) is 1.91. The van der Waals surface area contributed by atoms with E-state index in [0.717, 1.165) is 37.0 Å². The van der Waals surface area contributed by atoms with Crippen molar-refractivity contribution in [2.24, 2.45) is 5.73 Å². The van der Waals surface area contributed by atoms with Crippen molar-refractivity contribution in [3.8, 4) is 5.75 Å². The number of benzene rings is 1. The molecule has 2 nitrogen and oxygen atoms in total. The smallest absolute Gasteiger partial charge is 0.123 e. The molecule has 1 aromatic rings. The van der Waals surface area contributed by atoms with Crippen LogP contribution < -0.4 is 10.5 Å². The van der Waals surface area contributed by atoms with E-state index in [1.54, 1.807) is 12.1 Å². The fourth-order valence-electron chi connectivity index (χ4n) is 2.77. The van der Waals surface area contributed by atoms with Gasteiger partial charge in [0.15, 0.2) is 0 Å². The lowest BCUT2D eigenvalue weighted by Gasteiger charge is -2.30. The molecule has 0 aromatic heterocycles. The second-order valence-electron chi connectivity index (χ2n) is 5.76. The van der Waals surface area contributed by atoms with E-state index in [1.165, 1.54) is 12.5 Å². The van der Waals surface area contributed by atoms with Gasteiger partial charge >= 0.3 is 0 Å². The van der Waals surface area contributed by atoms with Crippen molar-refractivity contribution in [3.05, 3.63) is 29.6 Å². The molecule has 0 radical (unpaired) electrons. The van der Waals surface area contributed by atoms with Crippen molar-refractivity contribution in [1.29, 1.82) is 0 Å². The average molecular weight is 249 g/mol. The van der Waals surface area contributed by atoms with Crippen LogP contribution in [0, 0.1) is 5.82 Å². The van der Waals surface area contributed by atoms with E-state index in [9.17, 15) is 4.39 Å². The molecular weight excluding hydrogens is 229 g/mol. The Morgan fingerprint density at radius 2 is 2.11 bits per heavy atom. The summed E-state index contributed by atoms with van der Waals surface area (Å²) in [6.07, 6.45) is 5.85. The highest BCUT2D eigenvalue weighted by atomic mass is 19.1. The maximum Gasteiger partial charge on any atom is 0.123 e. The number of hydrogen-bond donors (Lipinski definition) is 1. The number of rotatable bonds is 4. The monoisotopic (exact) mass is 249 g/mol. The molecule has 3 rings (SSSR count). The largest absolute Gasteiger partial charge is 0.490 e. The van der Waals surface area contributed by atoms with Crippen molar-refractivity contribution in [1.82, 2.24) is 0 Å². The first-order chi connectivity index (χ1) is 8.62. The van der Waals surface area contributed by atoms with Gasteiger partial charge in [0.1, 0.15) is 11.6 Å². The van der Waals surface area contributed by atoms with Crippen molar-refractivity contribution in [2.45, 2.75) is 56.6 Å². The summed E-state index contributed by atoms with van der Waals surface area (Å²) in [4.78, 5) is 0. The minimum absolute atomic E-state index is 0.0445. The maximum absolute atomic E-state index is 13.5. The summed E-state index contributed by atoms with van der Waals surface area (Å²) in [6.45, 7) is 2.00. The van der Waals surface area contributed by atoms with Crippen molar-refractivity contribution >= 4 is 0 Å². The number of nitrogens with two attached hydrogens (primary N) is 1. The molecule has 2 saturated carbocycles. The molecule has 3 heteroatoms. The SMILES string of the molecule is CC(N)C1(c2cc(F)ccc2OC2CCC2)CC1. The van der Waals surface area contributed by atoms with Crippen LogP contribution in [0.4, 0.5) is 4.39 Å². The third-order valence-corrected chi connectivity index (χ3v) is 4.48. The molecule has 0 aliphatic heterocycles. The molecule has 0 heterocycles. The molecule has 2 aliphatic carbocycles. The van der Waals surface area contributed by atoms with Gasteiger partial charge in [0.25, 0.3) is 0 Å². The maximum atomic E-state index is 13.5. The second-order valence-corrected chi connectivity index (χ2v) is 5.76.